The van der Waals surface area contributed by atoms with Crippen molar-refractivity contribution >= 4 is 28.0 Å². The number of nitrogens with zero attached hydrogens (tertiary/aromatic N) is 1. The number of pyridine rings is 1. The molecular weight excluding hydrogens is 352 g/mol. The van der Waals surface area contributed by atoms with Crippen LogP contribution in [0.1, 0.15) is 34.1 Å². The Morgan fingerprint density at radius 1 is 1.04 bits per heavy atom. The number of benzene rings is 2. The number of ketones is 1. The highest BCUT2D eigenvalue weighted by Crippen LogP contribution is 2.32. The van der Waals surface area contributed by atoms with Gasteiger partial charge in [-0.25, -0.2) is 0 Å². The van der Waals surface area contributed by atoms with Gasteiger partial charge in [-0.2, -0.15) is 0 Å². The average Bonchev–Trinajstić information content (AvgIpc) is 3.01. The summed E-state index contributed by atoms with van der Waals surface area (Å²) in [4.78, 5) is 24.2. The average molecular weight is 372 g/mol. The molecule has 5 nitrogen and oxygen atoms in total. The first-order valence-corrected chi connectivity index (χ1v) is 9.16. The van der Waals surface area contributed by atoms with Gasteiger partial charge in [-0.15, -0.1) is 0 Å². The first kappa shape index (κ1) is 17.8. The molecule has 0 saturated carbocycles. The lowest BCUT2D eigenvalue weighted by Gasteiger charge is -2.08. The molecule has 0 aliphatic carbocycles. The number of hydrogen-bond donors (Lipinski definition) is 2. The number of nitrogens with two attached hydrogens (primary N) is 1. The number of aromatic hydroxyl groups is 1. The Hall–Kier alpha value is -3.60. The van der Waals surface area contributed by atoms with Crippen LogP contribution in [-0.4, -0.2) is 21.2 Å². The highest BCUT2D eigenvalue weighted by atomic mass is 16.3. The summed E-state index contributed by atoms with van der Waals surface area (Å²) in [6, 6.07) is 17.6. The molecule has 1 amide bonds. The maximum Gasteiger partial charge on any atom is 0.289 e. The van der Waals surface area contributed by atoms with Crippen LogP contribution in [0.4, 0.5) is 0 Å². The fourth-order valence-corrected chi connectivity index (χ4v) is 3.89. The van der Waals surface area contributed by atoms with Crippen LogP contribution in [0.2, 0.25) is 0 Å². The minimum Gasteiger partial charge on any atom is -0.506 e. The number of hydrogen-bond acceptors (Lipinski definition) is 3. The topological polar surface area (TPSA) is 84.8 Å². The molecule has 28 heavy (non-hydrogen) atoms. The van der Waals surface area contributed by atoms with E-state index in [1.165, 1.54) is 6.07 Å². The lowest BCUT2D eigenvalue weighted by Crippen LogP contribution is -2.24. The van der Waals surface area contributed by atoms with Crippen molar-refractivity contribution in [1.82, 2.24) is 4.40 Å². The summed E-state index contributed by atoms with van der Waals surface area (Å²) in [7, 11) is 0. The zero-order valence-electron chi connectivity index (χ0n) is 15.5. The molecule has 2 heterocycles. The van der Waals surface area contributed by atoms with Crippen molar-refractivity contribution in [3.63, 3.8) is 0 Å². The van der Waals surface area contributed by atoms with E-state index in [-0.39, 0.29) is 11.3 Å². The largest absolute Gasteiger partial charge is 0.506 e. The molecule has 5 heteroatoms. The van der Waals surface area contributed by atoms with E-state index in [2.05, 4.69) is 30.3 Å². The quantitative estimate of drug-likeness (QED) is 0.414. The Labute approximate surface area is 162 Å². The Morgan fingerprint density at radius 3 is 2.50 bits per heavy atom. The van der Waals surface area contributed by atoms with Gasteiger partial charge >= 0.3 is 0 Å². The van der Waals surface area contributed by atoms with Gasteiger partial charge < -0.3 is 15.2 Å². The van der Waals surface area contributed by atoms with E-state index in [9.17, 15) is 14.7 Å². The van der Waals surface area contributed by atoms with E-state index in [1.54, 1.807) is 16.7 Å². The highest BCUT2D eigenvalue weighted by molar-refractivity contribution is 6.44. The zero-order valence-corrected chi connectivity index (χ0v) is 15.5. The molecule has 0 fully saturated rings. The summed E-state index contributed by atoms with van der Waals surface area (Å²) >= 11 is 0. The third kappa shape index (κ3) is 2.81. The molecular formula is C23H20N2O3. The maximum atomic E-state index is 12.5. The van der Waals surface area contributed by atoms with Gasteiger partial charge in [0.1, 0.15) is 5.75 Å². The molecule has 4 rings (SSSR count). The predicted octanol–water partition coefficient (Wildman–Crippen LogP) is 3.62. The van der Waals surface area contributed by atoms with Crippen LogP contribution in [0.15, 0.2) is 60.8 Å². The van der Waals surface area contributed by atoms with Gasteiger partial charge in [-0.3, -0.25) is 9.59 Å². The van der Waals surface area contributed by atoms with Gasteiger partial charge in [0.05, 0.1) is 11.1 Å². The molecule has 140 valence electrons. The van der Waals surface area contributed by atoms with Gasteiger partial charge in [0, 0.05) is 18.3 Å². The van der Waals surface area contributed by atoms with Crippen LogP contribution in [0.5, 0.6) is 5.75 Å². The van der Waals surface area contributed by atoms with Crippen molar-refractivity contribution in [2.75, 3.05) is 0 Å². The molecule has 0 aliphatic heterocycles. The molecule has 0 radical (unpaired) electrons. The Kier molecular flexibility index (Phi) is 4.35. The van der Waals surface area contributed by atoms with Crippen molar-refractivity contribution in [1.29, 1.82) is 0 Å². The van der Waals surface area contributed by atoms with Crippen molar-refractivity contribution < 1.29 is 14.7 Å². The number of amides is 1. The number of aromatic nitrogens is 1. The van der Waals surface area contributed by atoms with Crippen LogP contribution < -0.4 is 5.73 Å². The van der Waals surface area contributed by atoms with E-state index in [4.69, 9.17) is 5.73 Å². The van der Waals surface area contributed by atoms with Gasteiger partial charge in [0.2, 0.25) is 0 Å². The van der Waals surface area contributed by atoms with Gasteiger partial charge in [-0.05, 0) is 40.5 Å². The summed E-state index contributed by atoms with van der Waals surface area (Å²) in [6.45, 7) is 1.92. The van der Waals surface area contributed by atoms with E-state index >= 15 is 0 Å². The minimum atomic E-state index is -1.03. The molecule has 0 saturated heterocycles. The number of rotatable bonds is 5. The molecule has 0 atom stereocenters. The van der Waals surface area contributed by atoms with Crippen LogP contribution in [0, 0.1) is 0 Å². The SMILES string of the molecule is CCc1c(C(=O)C(N)=O)c2c(O)cccn2c1Cc1ccc2ccccc2c1. The number of primary amides is 1. The molecule has 2 aromatic carbocycles. The van der Waals surface area contributed by atoms with Crippen LogP contribution >= 0.6 is 0 Å². The zero-order chi connectivity index (χ0) is 19.8. The van der Waals surface area contributed by atoms with Gasteiger partial charge in [0.15, 0.2) is 0 Å². The second-order valence-electron chi connectivity index (χ2n) is 6.82. The Balaban J connectivity index is 1.94. The lowest BCUT2D eigenvalue weighted by molar-refractivity contribution is -0.114. The van der Waals surface area contributed by atoms with E-state index in [0.29, 0.717) is 18.4 Å². The summed E-state index contributed by atoms with van der Waals surface area (Å²) in [5, 5.41) is 12.7. The maximum absolute atomic E-state index is 12.5. The van der Waals surface area contributed by atoms with Crippen LogP contribution in [0.3, 0.4) is 0 Å². The third-order valence-electron chi connectivity index (χ3n) is 5.14. The van der Waals surface area contributed by atoms with E-state index < -0.39 is 11.7 Å². The third-order valence-corrected chi connectivity index (χ3v) is 5.14. The monoisotopic (exact) mass is 372 g/mol. The summed E-state index contributed by atoms with van der Waals surface area (Å²) < 4.78 is 1.79. The summed E-state index contributed by atoms with van der Waals surface area (Å²) in [5.41, 5.74) is 8.49. The van der Waals surface area contributed by atoms with E-state index in [1.807, 2.05) is 19.1 Å². The molecule has 2 aromatic heterocycles. The lowest BCUT2D eigenvalue weighted by atomic mass is 9.98. The summed E-state index contributed by atoms with van der Waals surface area (Å²) in [6.07, 6.45) is 2.89. The molecule has 0 bridgehead atoms. The normalized spacial score (nSPS) is 11.2. The fourth-order valence-electron chi connectivity index (χ4n) is 3.89. The Morgan fingerprint density at radius 2 is 1.79 bits per heavy atom. The molecule has 4 aromatic rings. The second-order valence-corrected chi connectivity index (χ2v) is 6.82. The van der Waals surface area contributed by atoms with Crippen molar-refractivity contribution in [3.05, 3.63) is 83.2 Å². The molecule has 0 unspecified atom stereocenters. The minimum absolute atomic E-state index is 0.0495. The van der Waals surface area contributed by atoms with Gasteiger partial charge in [-0.1, -0.05) is 49.4 Å². The highest BCUT2D eigenvalue weighted by Gasteiger charge is 2.27. The van der Waals surface area contributed by atoms with Crippen molar-refractivity contribution in [3.8, 4) is 5.75 Å². The smallest absolute Gasteiger partial charge is 0.289 e. The number of fused-ring (bicyclic) bond motifs is 2. The van der Waals surface area contributed by atoms with Crippen molar-refractivity contribution in [2.45, 2.75) is 19.8 Å². The first-order valence-electron chi connectivity index (χ1n) is 9.16. The van der Waals surface area contributed by atoms with E-state index in [0.717, 1.165) is 27.6 Å². The molecule has 0 aliphatic rings. The summed E-state index contributed by atoms with van der Waals surface area (Å²) in [5.74, 6) is -1.85. The van der Waals surface area contributed by atoms with Crippen molar-refractivity contribution in [2.24, 2.45) is 5.73 Å². The fraction of sp³-hybridized carbons (Fsp3) is 0.130. The first-order chi connectivity index (χ1) is 13.5. The van der Waals surface area contributed by atoms with Crippen LogP contribution in [0.25, 0.3) is 16.3 Å². The Bertz CT molecular complexity index is 1240. The number of carbonyl (C=O) groups is 2. The molecule has 3 N–H and O–H groups in total. The predicted molar refractivity (Wildman–Crippen MR) is 109 cm³/mol. The van der Waals surface area contributed by atoms with Crippen LogP contribution in [-0.2, 0) is 17.6 Å². The standard InChI is InChI=1S/C23H20N2O3/c1-2-17-18(13-14-9-10-15-6-3-4-7-16(15)12-14)25-11-5-8-19(26)21(25)20(17)22(27)23(24)28/h3-12,26H,2,13H2,1H3,(H2,24,28). The second kappa shape index (κ2) is 6.85. The number of Topliss-reactive ketones (excluding diaryl/α,β-unsaturated/α-hetero) is 1. The number of carbonyl (C=O) groups excluding carboxylic acids is 2. The van der Waals surface area contributed by atoms with Gasteiger partial charge in [0.25, 0.3) is 11.7 Å². The molecule has 0 spiro atoms.